The van der Waals surface area contributed by atoms with Gasteiger partial charge in [-0.2, -0.15) is 0 Å². The minimum absolute atomic E-state index is 0.203. The average molecular weight is 228 g/mol. The van der Waals surface area contributed by atoms with E-state index >= 15 is 0 Å². The molecule has 1 aromatic rings. The lowest BCUT2D eigenvalue weighted by atomic mass is 10.1. The Kier molecular flexibility index (Phi) is 2.52. The first-order valence-electron chi connectivity index (χ1n) is 4.81. The van der Waals surface area contributed by atoms with Crippen LogP contribution in [0.3, 0.4) is 0 Å². The zero-order chi connectivity index (χ0) is 11.1. The average Bonchev–Trinajstić information content (AvgIpc) is 2.98. The predicted molar refractivity (Wildman–Crippen MR) is 59.7 cm³/mol. The van der Waals surface area contributed by atoms with E-state index in [0.717, 1.165) is 18.4 Å². The van der Waals surface area contributed by atoms with E-state index in [9.17, 15) is 0 Å². The molecule has 0 saturated heterocycles. The van der Waals surface area contributed by atoms with Gasteiger partial charge in [0.25, 0.3) is 0 Å². The second kappa shape index (κ2) is 3.58. The fraction of sp³-hybridized carbons (Fsp3) is 0.455. The Morgan fingerprint density at radius 1 is 1.20 bits per heavy atom. The van der Waals surface area contributed by atoms with E-state index in [1.807, 2.05) is 12.1 Å². The van der Waals surface area contributed by atoms with Gasteiger partial charge in [0.1, 0.15) is 16.5 Å². The summed E-state index contributed by atoms with van der Waals surface area (Å²) in [6, 6.07) is 3.77. The highest BCUT2D eigenvalue weighted by atomic mass is 35.5. The van der Waals surface area contributed by atoms with Gasteiger partial charge >= 0.3 is 0 Å². The summed E-state index contributed by atoms with van der Waals surface area (Å²) < 4.78 is 10.4. The highest BCUT2D eigenvalue weighted by Gasteiger charge is 2.40. The molecule has 15 heavy (non-hydrogen) atoms. The first-order chi connectivity index (χ1) is 7.10. The smallest absolute Gasteiger partial charge is 0.141 e. The van der Waals surface area contributed by atoms with Crippen LogP contribution in [0.25, 0.3) is 0 Å². The highest BCUT2D eigenvalue weighted by Crippen LogP contribution is 2.47. The second-order valence-corrected chi connectivity index (χ2v) is 4.23. The third kappa shape index (κ3) is 1.77. The van der Waals surface area contributed by atoms with Gasteiger partial charge in [-0.15, -0.1) is 0 Å². The van der Waals surface area contributed by atoms with Crippen LogP contribution in [0.5, 0.6) is 11.5 Å². The first kappa shape index (κ1) is 10.6. The molecule has 0 unspecified atom stereocenters. The van der Waals surface area contributed by atoms with Gasteiger partial charge in [-0.25, -0.2) is 0 Å². The molecule has 0 amide bonds. The maximum atomic E-state index is 6.11. The largest absolute Gasteiger partial charge is 0.495 e. The quantitative estimate of drug-likeness (QED) is 0.862. The number of methoxy groups -OCH3 is 2. The lowest BCUT2D eigenvalue weighted by Crippen LogP contribution is -2.18. The Labute approximate surface area is 94.1 Å². The van der Waals surface area contributed by atoms with Crippen molar-refractivity contribution in [3.63, 3.8) is 0 Å². The number of halogens is 1. The molecule has 4 heteroatoms. The van der Waals surface area contributed by atoms with Gasteiger partial charge < -0.3 is 15.2 Å². The molecule has 0 heterocycles. The van der Waals surface area contributed by atoms with Crippen LogP contribution in [0.1, 0.15) is 18.4 Å². The number of benzene rings is 1. The number of nitrogens with two attached hydrogens (primary N) is 1. The minimum Gasteiger partial charge on any atom is -0.495 e. The lowest BCUT2D eigenvalue weighted by Gasteiger charge is -2.14. The molecule has 1 fully saturated rings. The van der Waals surface area contributed by atoms with Crippen molar-refractivity contribution in [2.45, 2.75) is 18.4 Å². The van der Waals surface area contributed by atoms with Crippen molar-refractivity contribution in [1.29, 1.82) is 0 Å². The van der Waals surface area contributed by atoms with Crippen LogP contribution in [0.15, 0.2) is 12.1 Å². The van der Waals surface area contributed by atoms with Crippen LogP contribution in [0.4, 0.5) is 0 Å². The van der Waals surface area contributed by atoms with Crippen molar-refractivity contribution in [2.75, 3.05) is 14.2 Å². The van der Waals surface area contributed by atoms with Crippen LogP contribution in [-0.4, -0.2) is 14.2 Å². The predicted octanol–water partition coefficient (Wildman–Crippen LogP) is 2.31. The molecule has 0 radical (unpaired) electrons. The standard InChI is InChI=1S/C11H14ClNO2/c1-14-8-5-7(11(13)3-4-11)6-9(15-2)10(8)12/h5-6H,3-4,13H2,1-2H3. The Hall–Kier alpha value is -0.930. The van der Waals surface area contributed by atoms with Gasteiger partial charge in [-0.1, -0.05) is 11.6 Å². The number of ether oxygens (including phenoxy) is 2. The molecule has 1 saturated carbocycles. The number of hydrogen-bond donors (Lipinski definition) is 1. The summed E-state index contributed by atoms with van der Waals surface area (Å²) in [5.74, 6) is 1.23. The van der Waals surface area contributed by atoms with Crippen molar-refractivity contribution < 1.29 is 9.47 Å². The highest BCUT2D eigenvalue weighted by molar-refractivity contribution is 6.33. The van der Waals surface area contributed by atoms with Crippen LogP contribution < -0.4 is 15.2 Å². The minimum atomic E-state index is -0.203. The van der Waals surface area contributed by atoms with Crippen molar-refractivity contribution >= 4 is 11.6 Å². The summed E-state index contributed by atoms with van der Waals surface area (Å²) in [7, 11) is 3.17. The maximum absolute atomic E-state index is 6.11. The van der Waals surface area contributed by atoms with Crippen molar-refractivity contribution in [1.82, 2.24) is 0 Å². The van der Waals surface area contributed by atoms with E-state index in [4.69, 9.17) is 26.8 Å². The summed E-state index contributed by atoms with van der Waals surface area (Å²) in [6.07, 6.45) is 2.00. The SMILES string of the molecule is COc1cc(C2(N)CC2)cc(OC)c1Cl. The van der Waals surface area contributed by atoms with Gasteiger partial charge in [0.2, 0.25) is 0 Å². The Balaban J connectivity index is 2.49. The van der Waals surface area contributed by atoms with Crippen LogP contribution in [0.2, 0.25) is 5.02 Å². The fourth-order valence-electron chi connectivity index (χ4n) is 1.58. The van der Waals surface area contributed by atoms with Crippen molar-refractivity contribution in [3.05, 3.63) is 22.7 Å². The third-order valence-electron chi connectivity index (χ3n) is 2.81. The van der Waals surface area contributed by atoms with Gasteiger partial charge in [-0.05, 0) is 30.5 Å². The second-order valence-electron chi connectivity index (χ2n) is 3.85. The van der Waals surface area contributed by atoms with E-state index in [2.05, 4.69) is 0 Å². The molecule has 0 bridgehead atoms. The molecule has 2 N–H and O–H groups in total. The molecule has 82 valence electrons. The molecule has 3 nitrogen and oxygen atoms in total. The summed E-state index contributed by atoms with van der Waals surface area (Å²) in [5.41, 5.74) is 6.94. The first-order valence-corrected chi connectivity index (χ1v) is 5.19. The van der Waals surface area contributed by atoms with E-state index in [-0.39, 0.29) is 5.54 Å². The molecular formula is C11H14ClNO2. The fourth-order valence-corrected chi connectivity index (χ4v) is 1.84. The summed E-state index contributed by atoms with van der Waals surface area (Å²) in [5, 5.41) is 0.494. The van der Waals surface area contributed by atoms with Crippen LogP contribution in [0, 0.1) is 0 Å². The molecule has 0 aromatic heterocycles. The Morgan fingerprint density at radius 2 is 1.67 bits per heavy atom. The van der Waals surface area contributed by atoms with Crippen LogP contribution >= 0.6 is 11.6 Å². The number of hydrogen-bond acceptors (Lipinski definition) is 3. The summed E-state index contributed by atoms with van der Waals surface area (Å²) in [4.78, 5) is 0. The van der Waals surface area contributed by atoms with Crippen molar-refractivity contribution in [3.8, 4) is 11.5 Å². The normalized spacial score (nSPS) is 17.3. The summed E-state index contributed by atoms with van der Waals surface area (Å²) >= 11 is 6.06. The molecule has 0 spiro atoms. The Morgan fingerprint density at radius 3 is 2.00 bits per heavy atom. The zero-order valence-electron chi connectivity index (χ0n) is 8.84. The molecular weight excluding hydrogens is 214 g/mol. The van der Waals surface area contributed by atoms with E-state index in [0.29, 0.717) is 16.5 Å². The topological polar surface area (TPSA) is 44.5 Å². The lowest BCUT2D eigenvalue weighted by molar-refractivity contribution is 0.393. The van der Waals surface area contributed by atoms with E-state index < -0.39 is 0 Å². The zero-order valence-corrected chi connectivity index (χ0v) is 9.60. The maximum Gasteiger partial charge on any atom is 0.141 e. The monoisotopic (exact) mass is 227 g/mol. The molecule has 0 aliphatic heterocycles. The summed E-state index contributed by atoms with van der Waals surface area (Å²) in [6.45, 7) is 0. The van der Waals surface area contributed by atoms with Gasteiger partial charge in [0.15, 0.2) is 0 Å². The third-order valence-corrected chi connectivity index (χ3v) is 3.18. The molecule has 1 aliphatic rings. The van der Waals surface area contributed by atoms with Gasteiger partial charge in [-0.3, -0.25) is 0 Å². The van der Waals surface area contributed by atoms with Gasteiger partial charge in [0.05, 0.1) is 14.2 Å². The molecule has 2 rings (SSSR count). The molecule has 0 atom stereocenters. The number of rotatable bonds is 3. The van der Waals surface area contributed by atoms with E-state index in [1.54, 1.807) is 14.2 Å². The van der Waals surface area contributed by atoms with Crippen molar-refractivity contribution in [2.24, 2.45) is 5.73 Å². The van der Waals surface area contributed by atoms with Crippen LogP contribution in [-0.2, 0) is 5.54 Å². The molecule has 1 aliphatic carbocycles. The van der Waals surface area contributed by atoms with E-state index in [1.165, 1.54) is 0 Å². The Bertz CT molecular complexity index is 363. The van der Waals surface area contributed by atoms with Gasteiger partial charge in [0, 0.05) is 5.54 Å². The molecule has 1 aromatic carbocycles.